The van der Waals surface area contributed by atoms with Gasteiger partial charge in [0, 0.05) is 5.69 Å². The van der Waals surface area contributed by atoms with Crippen LogP contribution in [0, 0.1) is 19.7 Å². The van der Waals surface area contributed by atoms with Gasteiger partial charge < -0.3 is 5.32 Å². The van der Waals surface area contributed by atoms with Crippen LogP contribution < -0.4 is 10.2 Å². The third kappa shape index (κ3) is 3.35. The molecule has 8 nitrogen and oxygen atoms in total. The molecule has 29 heavy (non-hydrogen) atoms. The number of carbonyl (C=O) groups is 3. The summed E-state index contributed by atoms with van der Waals surface area (Å²) in [6.45, 7) is 3.58. The largest absolute Gasteiger partial charge is 0.324 e. The standard InChI is InChI=1S/C20H18FN5O3/c1-11-3-8-15(9-12(11)2)26-19(28)17-18(20(26)29)25(24-23-17)10-16(27)22-14-6-4-13(21)5-7-14/h3-9,17-18H,10H2,1-2H3,(H,22,27)/t17-,18+/m0/s1. The van der Waals surface area contributed by atoms with Gasteiger partial charge in [-0.05, 0) is 61.4 Å². The maximum Gasteiger partial charge on any atom is 0.263 e. The summed E-state index contributed by atoms with van der Waals surface area (Å²) >= 11 is 0. The number of anilines is 2. The summed E-state index contributed by atoms with van der Waals surface area (Å²) < 4.78 is 13.0. The zero-order valence-electron chi connectivity index (χ0n) is 15.8. The molecule has 2 aromatic carbocycles. The van der Waals surface area contributed by atoms with Crippen molar-refractivity contribution in [1.29, 1.82) is 0 Å². The van der Waals surface area contributed by atoms with Gasteiger partial charge in [0.05, 0.1) is 5.69 Å². The highest BCUT2D eigenvalue weighted by Crippen LogP contribution is 2.32. The molecule has 0 aliphatic carbocycles. The van der Waals surface area contributed by atoms with Crippen LogP contribution in [0.15, 0.2) is 52.8 Å². The van der Waals surface area contributed by atoms with Crippen molar-refractivity contribution >= 4 is 29.1 Å². The lowest BCUT2D eigenvalue weighted by atomic mass is 10.1. The Balaban J connectivity index is 1.49. The van der Waals surface area contributed by atoms with Crippen LogP contribution in [0.25, 0.3) is 0 Å². The number of hydrogen-bond donors (Lipinski definition) is 1. The average molecular weight is 395 g/mol. The van der Waals surface area contributed by atoms with Crippen LogP contribution in [0.1, 0.15) is 11.1 Å². The normalized spacial score (nSPS) is 20.4. The number of halogens is 1. The molecular weight excluding hydrogens is 377 g/mol. The van der Waals surface area contributed by atoms with Crippen LogP contribution in [0.3, 0.4) is 0 Å². The second-order valence-electron chi connectivity index (χ2n) is 7.03. The molecule has 0 bridgehead atoms. The Morgan fingerprint density at radius 2 is 1.79 bits per heavy atom. The molecular formula is C20H18FN5O3. The first-order valence-electron chi connectivity index (χ1n) is 9.03. The molecule has 2 heterocycles. The molecule has 0 spiro atoms. The number of amides is 3. The Bertz CT molecular complexity index is 1040. The van der Waals surface area contributed by atoms with Gasteiger partial charge in [-0.25, -0.2) is 9.29 Å². The minimum absolute atomic E-state index is 0.262. The molecule has 3 amide bonds. The van der Waals surface area contributed by atoms with Gasteiger partial charge in [0.25, 0.3) is 11.8 Å². The van der Waals surface area contributed by atoms with E-state index >= 15 is 0 Å². The van der Waals surface area contributed by atoms with E-state index in [0.29, 0.717) is 11.4 Å². The highest BCUT2D eigenvalue weighted by Gasteiger charge is 2.55. The zero-order chi connectivity index (χ0) is 20.7. The second-order valence-corrected chi connectivity index (χ2v) is 7.03. The smallest absolute Gasteiger partial charge is 0.263 e. The molecule has 2 aliphatic heterocycles. The lowest BCUT2D eigenvalue weighted by molar-refractivity contribution is -0.123. The van der Waals surface area contributed by atoms with Crippen molar-refractivity contribution in [3.8, 4) is 0 Å². The predicted octanol–water partition coefficient (Wildman–Crippen LogP) is 2.37. The summed E-state index contributed by atoms with van der Waals surface area (Å²) in [4.78, 5) is 39.1. The summed E-state index contributed by atoms with van der Waals surface area (Å²) in [5.41, 5.74) is 2.89. The number of fused-ring (bicyclic) bond motifs is 1. The number of aryl methyl sites for hydroxylation is 2. The van der Waals surface area contributed by atoms with Crippen LogP contribution in [0.5, 0.6) is 0 Å². The predicted molar refractivity (Wildman–Crippen MR) is 103 cm³/mol. The summed E-state index contributed by atoms with van der Waals surface area (Å²) in [5.74, 6) is -1.81. The Labute approximate surface area is 166 Å². The van der Waals surface area contributed by atoms with Gasteiger partial charge in [0.15, 0.2) is 12.1 Å². The maximum atomic E-state index is 13.0. The van der Waals surface area contributed by atoms with Crippen LogP contribution >= 0.6 is 0 Å². The molecule has 9 heteroatoms. The van der Waals surface area contributed by atoms with E-state index in [0.717, 1.165) is 16.0 Å². The average Bonchev–Trinajstić information content (AvgIpc) is 3.20. The monoisotopic (exact) mass is 395 g/mol. The Morgan fingerprint density at radius 1 is 1.07 bits per heavy atom. The minimum Gasteiger partial charge on any atom is -0.324 e. The van der Waals surface area contributed by atoms with Gasteiger partial charge in [-0.1, -0.05) is 11.3 Å². The van der Waals surface area contributed by atoms with E-state index in [2.05, 4.69) is 15.7 Å². The van der Waals surface area contributed by atoms with E-state index < -0.39 is 35.6 Å². The zero-order valence-corrected chi connectivity index (χ0v) is 15.8. The van der Waals surface area contributed by atoms with Gasteiger partial charge in [-0.15, -0.1) is 0 Å². The quantitative estimate of drug-likeness (QED) is 0.804. The van der Waals surface area contributed by atoms with E-state index in [1.165, 1.54) is 29.3 Å². The lowest BCUT2D eigenvalue weighted by Gasteiger charge is -2.20. The Morgan fingerprint density at radius 3 is 2.48 bits per heavy atom. The first kappa shape index (κ1) is 18.7. The van der Waals surface area contributed by atoms with Crippen molar-refractivity contribution in [2.45, 2.75) is 25.9 Å². The van der Waals surface area contributed by atoms with Crippen molar-refractivity contribution in [3.63, 3.8) is 0 Å². The summed E-state index contributed by atoms with van der Waals surface area (Å²) in [6.07, 6.45) is 0. The number of rotatable bonds is 4. The molecule has 0 unspecified atom stereocenters. The number of benzene rings is 2. The van der Waals surface area contributed by atoms with Crippen LogP contribution in [0.2, 0.25) is 0 Å². The van der Waals surface area contributed by atoms with E-state index in [4.69, 9.17) is 0 Å². The number of imide groups is 1. The Hall–Kier alpha value is -3.62. The molecule has 1 N–H and O–H groups in total. The van der Waals surface area contributed by atoms with Crippen molar-refractivity contribution < 1.29 is 18.8 Å². The maximum absolute atomic E-state index is 13.0. The third-order valence-corrected chi connectivity index (χ3v) is 5.04. The summed E-state index contributed by atoms with van der Waals surface area (Å²) in [7, 11) is 0. The molecule has 0 saturated carbocycles. The van der Waals surface area contributed by atoms with E-state index in [1.54, 1.807) is 12.1 Å². The van der Waals surface area contributed by atoms with E-state index in [1.807, 2.05) is 19.9 Å². The fourth-order valence-corrected chi connectivity index (χ4v) is 3.35. The molecule has 2 aliphatic rings. The van der Waals surface area contributed by atoms with Crippen LogP contribution in [-0.4, -0.2) is 41.4 Å². The highest BCUT2D eigenvalue weighted by molar-refractivity contribution is 6.25. The van der Waals surface area contributed by atoms with Gasteiger partial charge >= 0.3 is 0 Å². The molecule has 2 atom stereocenters. The molecule has 0 aromatic heterocycles. The molecule has 1 saturated heterocycles. The van der Waals surface area contributed by atoms with Crippen LogP contribution in [-0.2, 0) is 14.4 Å². The number of hydrogen-bond acceptors (Lipinski definition) is 6. The topological polar surface area (TPSA) is 94.4 Å². The van der Waals surface area contributed by atoms with E-state index in [9.17, 15) is 18.8 Å². The summed E-state index contributed by atoms with van der Waals surface area (Å²) in [6, 6.07) is 8.70. The molecule has 0 radical (unpaired) electrons. The third-order valence-electron chi connectivity index (χ3n) is 5.04. The first-order chi connectivity index (χ1) is 13.8. The van der Waals surface area contributed by atoms with E-state index in [-0.39, 0.29) is 6.54 Å². The minimum atomic E-state index is -0.970. The fraction of sp³-hybridized carbons (Fsp3) is 0.250. The molecule has 1 fully saturated rings. The second kappa shape index (κ2) is 7.08. The van der Waals surface area contributed by atoms with Crippen molar-refractivity contribution in [3.05, 3.63) is 59.4 Å². The van der Waals surface area contributed by atoms with Crippen molar-refractivity contribution in [2.75, 3.05) is 16.8 Å². The van der Waals surface area contributed by atoms with Gasteiger partial charge in [-0.3, -0.25) is 19.4 Å². The molecule has 148 valence electrons. The van der Waals surface area contributed by atoms with Gasteiger partial charge in [0.1, 0.15) is 12.4 Å². The van der Waals surface area contributed by atoms with Crippen LogP contribution in [0.4, 0.5) is 15.8 Å². The van der Waals surface area contributed by atoms with Crippen molar-refractivity contribution in [1.82, 2.24) is 5.01 Å². The number of nitrogens with one attached hydrogen (secondary N) is 1. The summed E-state index contributed by atoms with van der Waals surface area (Å²) in [5, 5.41) is 11.6. The number of carbonyl (C=O) groups excluding carboxylic acids is 3. The highest BCUT2D eigenvalue weighted by atomic mass is 19.1. The van der Waals surface area contributed by atoms with Gasteiger partial charge in [-0.2, -0.15) is 5.11 Å². The van der Waals surface area contributed by atoms with Gasteiger partial charge in [0.2, 0.25) is 5.91 Å². The van der Waals surface area contributed by atoms with Crippen molar-refractivity contribution in [2.24, 2.45) is 10.3 Å². The number of nitrogens with zero attached hydrogens (tertiary/aromatic N) is 4. The Kier molecular flexibility index (Phi) is 4.57. The first-order valence-corrected chi connectivity index (χ1v) is 9.03. The molecule has 2 aromatic rings. The lowest BCUT2D eigenvalue weighted by Crippen LogP contribution is -2.43. The molecule has 4 rings (SSSR count). The SMILES string of the molecule is Cc1ccc(N2C(=O)[C@H]3N=NN(CC(=O)Nc4ccc(F)cc4)[C@H]3C2=O)cc1C. The fourth-order valence-electron chi connectivity index (χ4n) is 3.35.